The van der Waals surface area contributed by atoms with Gasteiger partial charge in [-0.15, -0.1) is 11.3 Å². The number of amides is 2. The predicted molar refractivity (Wildman–Crippen MR) is 122 cm³/mol. The molecule has 1 aliphatic carbocycles. The number of nitrogens with zero attached hydrogens (tertiary/aromatic N) is 2. The molecule has 0 spiro atoms. The lowest BCUT2D eigenvalue weighted by Crippen LogP contribution is -2.43. The number of nitrogens with one attached hydrogen (secondary N) is 2. The van der Waals surface area contributed by atoms with Crippen molar-refractivity contribution in [2.45, 2.75) is 57.8 Å². The number of thiazole rings is 1. The summed E-state index contributed by atoms with van der Waals surface area (Å²) >= 11 is 1.56. The largest absolute Gasteiger partial charge is 0.490 e. The summed E-state index contributed by atoms with van der Waals surface area (Å²) in [5.41, 5.74) is 12.6. The molecule has 212 valence electrons. The SMILES string of the molecule is CCCCCNC(=O)NC(N)=NCC1CCc2nc(N)sc2C1.O=C(O)C(F)(F)F.O=C(O)C(F)(F)F. The van der Waals surface area contributed by atoms with Gasteiger partial charge in [0.2, 0.25) is 0 Å². The van der Waals surface area contributed by atoms with E-state index < -0.39 is 24.3 Å². The van der Waals surface area contributed by atoms with Crippen LogP contribution in [0, 0.1) is 5.92 Å². The first-order valence-corrected chi connectivity index (χ1v) is 11.5. The third-order valence-electron chi connectivity index (χ3n) is 4.37. The van der Waals surface area contributed by atoms with Crippen LogP contribution >= 0.6 is 11.3 Å². The molecule has 0 fully saturated rings. The second-order valence-corrected chi connectivity index (χ2v) is 8.57. The number of aliphatic carboxylic acids is 2. The average molecular weight is 567 g/mol. The van der Waals surface area contributed by atoms with Crippen LogP contribution in [0.4, 0.5) is 36.3 Å². The number of carboxylic acid groups (broad SMARTS) is 2. The summed E-state index contributed by atoms with van der Waals surface area (Å²) in [7, 11) is 0. The second kappa shape index (κ2) is 15.7. The monoisotopic (exact) mass is 566 g/mol. The van der Waals surface area contributed by atoms with Crippen LogP contribution in [-0.2, 0) is 22.4 Å². The lowest BCUT2D eigenvalue weighted by atomic mass is 9.91. The maximum Gasteiger partial charge on any atom is 0.490 e. The number of nitrogen functional groups attached to an aromatic ring is 1. The molecule has 0 bridgehead atoms. The van der Waals surface area contributed by atoms with Gasteiger partial charge in [-0.1, -0.05) is 19.8 Å². The highest BCUT2D eigenvalue weighted by atomic mass is 32.1. The molecule has 8 N–H and O–H groups in total. The van der Waals surface area contributed by atoms with Crippen LogP contribution in [0.3, 0.4) is 0 Å². The van der Waals surface area contributed by atoms with Crippen molar-refractivity contribution in [3.8, 4) is 0 Å². The quantitative estimate of drug-likeness (QED) is 0.131. The maximum atomic E-state index is 11.6. The van der Waals surface area contributed by atoms with E-state index in [2.05, 4.69) is 27.5 Å². The van der Waals surface area contributed by atoms with Gasteiger partial charge in [0.15, 0.2) is 11.1 Å². The molecule has 1 aliphatic rings. The fourth-order valence-corrected chi connectivity index (χ4v) is 3.62. The Hall–Kier alpha value is -3.31. The van der Waals surface area contributed by atoms with Crippen LogP contribution in [0.5, 0.6) is 0 Å². The Balaban J connectivity index is 0.000000761. The number of carbonyl (C=O) groups is 3. The zero-order chi connectivity index (χ0) is 28.8. The van der Waals surface area contributed by atoms with E-state index in [0.29, 0.717) is 24.1 Å². The zero-order valence-electron chi connectivity index (χ0n) is 19.6. The molecule has 0 saturated heterocycles. The number of unbranched alkanes of at least 4 members (excludes halogenated alkanes) is 2. The summed E-state index contributed by atoms with van der Waals surface area (Å²) in [6, 6.07) is -0.288. The standard InChI is InChI=1S/C15H26N6OS.2C2HF3O2/c1-2-3-4-7-18-15(22)21-13(16)19-9-10-5-6-11-12(8-10)23-14(17)20-11;2*3-2(4,5)1(6)7/h10H,2-9H2,1H3,(H2,17,20)(H4,16,18,19,21,22);2*(H,6,7). The van der Waals surface area contributed by atoms with Crippen LogP contribution < -0.4 is 22.1 Å². The van der Waals surface area contributed by atoms with E-state index >= 15 is 0 Å². The van der Waals surface area contributed by atoms with Gasteiger partial charge in [-0.3, -0.25) is 10.3 Å². The number of aryl methyl sites for hydroxylation is 1. The highest BCUT2D eigenvalue weighted by molar-refractivity contribution is 7.15. The van der Waals surface area contributed by atoms with Crippen LogP contribution in [0.1, 0.15) is 43.2 Å². The van der Waals surface area contributed by atoms with Crippen molar-refractivity contribution in [2.24, 2.45) is 16.6 Å². The summed E-state index contributed by atoms with van der Waals surface area (Å²) < 4.78 is 63.5. The van der Waals surface area contributed by atoms with Gasteiger partial charge in [0.05, 0.1) is 5.69 Å². The number of anilines is 1. The van der Waals surface area contributed by atoms with Crippen molar-refractivity contribution in [3.05, 3.63) is 10.6 Å². The number of carboxylic acids is 2. The highest BCUT2D eigenvalue weighted by Gasteiger charge is 2.38. The van der Waals surface area contributed by atoms with E-state index in [4.69, 9.17) is 31.3 Å². The smallest absolute Gasteiger partial charge is 0.475 e. The van der Waals surface area contributed by atoms with E-state index in [-0.39, 0.29) is 12.0 Å². The van der Waals surface area contributed by atoms with E-state index in [1.165, 1.54) is 4.88 Å². The van der Waals surface area contributed by atoms with Gasteiger partial charge in [-0.2, -0.15) is 26.3 Å². The van der Waals surface area contributed by atoms with Crippen molar-refractivity contribution in [3.63, 3.8) is 0 Å². The van der Waals surface area contributed by atoms with Crippen LogP contribution in [0.2, 0.25) is 0 Å². The molecule has 11 nitrogen and oxygen atoms in total. The third kappa shape index (κ3) is 15.4. The van der Waals surface area contributed by atoms with E-state index in [0.717, 1.165) is 44.2 Å². The number of urea groups is 1. The van der Waals surface area contributed by atoms with Gasteiger partial charge < -0.3 is 27.0 Å². The molecule has 18 heteroatoms. The number of hydrogen-bond acceptors (Lipinski definition) is 7. The number of aromatic nitrogens is 1. The van der Waals surface area contributed by atoms with Gasteiger partial charge >= 0.3 is 30.3 Å². The first-order valence-electron chi connectivity index (χ1n) is 10.7. The third-order valence-corrected chi connectivity index (χ3v) is 5.32. The van der Waals surface area contributed by atoms with Crippen LogP contribution in [0.15, 0.2) is 4.99 Å². The van der Waals surface area contributed by atoms with Gasteiger partial charge in [0, 0.05) is 18.0 Å². The van der Waals surface area contributed by atoms with Crippen LogP contribution in [-0.4, -0.2) is 64.6 Å². The number of halogens is 6. The molecule has 2 amide bonds. The molecule has 1 atom stereocenters. The number of fused-ring (bicyclic) bond motifs is 1. The number of carbonyl (C=O) groups excluding carboxylic acids is 1. The lowest BCUT2D eigenvalue weighted by Gasteiger charge is -2.19. The average Bonchev–Trinajstić information content (AvgIpc) is 3.14. The topological polar surface area (TPSA) is 193 Å². The summed E-state index contributed by atoms with van der Waals surface area (Å²) in [6.45, 7) is 3.39. The van der Waals surface area contributed by atoms with Crippen LogP contribution in [0.25, 0.3) is 0 Å². The minimum Gasteiger partial charge on any atom is -0.475 e. The number of alkyl halides is 6. The Morgan fingerprint density at radius 2 is 1.65 bits per heavy atom. The molecule has 0 saturated carbocycles. The predicted octanol–water partition coefficient (Wildman–Crippen LogP) is 2.90. The van der Waals surface area contributed by atoms with Gasteiger partial charge in [0.25, 0.3) is 0 Å². The van der Waals surface area contributed by atoms with Gasteiger partial charge in [-0.05, 0) is 31.6 Å². The molecule has 0 aliphatic heterocycles. The fourth-order valence-electron chi connectivity index (χ4n) is 2.62. The lowest BCUT2D eigenvalue weighted by molar-refractivity contribution is -0.193. The zero-order valence-corrected chi connectivity index (χ0v) is 20.4. The molecule has 1 heterocycles. The summed E-state index contributed by atoms with van der Waals surface area (Å²) in [5, 5.41) is 20.2. The Labute approximate surface area is 211 Å². The van der Waals surface area contributed by atoms with Crippen molar-refractivity contribution < 1.29 is 50.9 Å². The molecule has 2 rings (SSSR count). The first-order chi connectivity index (χ1) is 17.0. The highest BCUT2D eigenvalue weighted by Crippen LogP contribution is 2.31. The van der Waals surface area contributed by atoms with Crippen molar-refractivity contribution >= 4 is 40.4 Å². The normalized spacial score (nSPS) is 15.2. The van der Waals surface area contributed by atoms with Gasteiger partial charge in [-0.25, -0.2) is 19.4 Å². The molecular formula is C19H28F6N6O5S. The molecular weight excluding hydrogens is 538 g/mol. The molecule has 1 aromatic rings. The van der Waals surface area contributed by atoms with Crippen molar-refractivity contribution in [2.75, 3.05) is 18.8 Å². The summed E-state index contributed by atoms with van der Waals surface area (Å²) in [5.74, 6) is -4.91. The molecule has 1 unspecified atom stereocenters. The minimum absolute atomic E-state index is 0.174. The Bertz CT molecular complexity index is 898. The first kappa shape index (κ1) is 33.7. The van der Waals surface area contributed by atoms with Gasteiger partial charge in [0.1, 0.15) is 0 Å². The van der Waals surface area contributed by atoms with Crippen molar-refractivity contribution in [1.29, 1.82) is 0 Å². The molecule has 0 radical (unpaired) electrons. The Kier molecular flexibility index (Phi) is 14.3. The number of hydrogen-bond donors (Lipinski definition) is 6. The van der Waals surface area contributed by atoms with Crippen molar-refractivity contribution in [1.82, 2.24) is 15.6 Å². The number of aliphatic imine (C=N–C) groups is 1. The number of guanidine groups is 1. The van der Waals surface area contributed by atoms with E-state index in [1.54, 1.807) is 11.3 Å². The molecule has 1 aromatic heterocycles. The Morgan fingerprint density at radius 3 is 2.14 bits per heavy atom. The minimum atomic E-state index is -5.08. The summed E-state index contributed by atoms with van der Waals surface area (Å²) in [6.07, 6.45) is -4.06. The summed E-state index contributed by atoms with van der Waals surface area (Å²) in [4.78, 5) is 39.3. The maximum absolute atomic E-state index is 11.6. The molecule has 37 heavy (non-hydrogen) atoms. The van der Waals surface area contributed by atoms with E-state index in [9.17, 15) is 31.1 Å². The number of nitrogens with two attached hydrogens (primary N) is 2. The Morgan fingerprint density at radius 1 is 1.11 bits per heavy atom. The van der Waals surface area contributed by atoms with E-state index in [1.807, 2.05) is 0 Å². The second-order valence-electron chi connectivity index (χ2n) is 7.45. The number of rotatable bonds is 6. The molecule has 0 aromatic carbocycles. The fraction of sp³-hybridized carbons (Fsp3) is 0.632.